The summed E-state index contributed by atoms with van der Waals surface area (Å²) in [5, 5.41) is 11.9. The number of hydroxylamine groups is 1. The molecule has 6 nitrogen and oxygen atoms in total. The first kappa shape index (κ1) is 24.9. The van der Waals surface area contributed by atoms with Crippen LogP contribution in [0.5, 0.6) is 11.5 Å². The molecule has 2 bridgehead atoms. The quantitative estimate of drug-likeness (QED) is 0.330. The van der Waals surface area contributed by atoms with E-state index in [1.807, 2.05) is 0 Å². The summed E-state index contributed by atoms with van der Waals surface area (Å²) in [6.45, 7) is 4.00. The zero-order valence-corrected chi connectivity index (χ0v) is 19.6. The highest BCUT2D eigenvalue weighted by Crippen LogP contribution is 2.58. The summed E-state index contributed by atoms with van der Waals surface area (Å²) in [7, 11) is 1.51. The molecule has 3 aliphatic rings. The van der Waals surface area contributed by atoms with Crippen LogP contribution in [0, 0.1) is 28.3 Å². The second-order valence-electron chi connectivity index (χ2n) is 9.55. The van der Waals surface area contributed by atoms with Crippen LogP contribution in [-0.4, -0.2) is 24.8 Å². The molecule has 0 radical (unpaired) electrons. The van der Waals surface area contributed by atoms with Crippen molar-refractivity contribution in [1.82, 2.24) is 10.8 Å². The van der Waals surface area contributed by atoms with Gasteiger partial charge in [-0.3, -0.25) is 15.5 Å². The van der Waals surface area contributed by atoms with Crippen molar-refractivity contribution >= 4 is 5.91 Å². The summed E-state index contributed by atoms with van der Waals surface area (Å²) in [6.07, 6.45) is 4.85. The predicted octanol–water partition coefficient (Wildman–Crippen LogP) is 5.25. The van der Waals surface area contributed by atoms with Gasteiger partial charge in [-0.15, -0.1) is 0 Å². The van der Waals surface area contributed by atoms with Crippen molar-refractivity contribution < 1.29 is 32.6 Å². The molecule has 0 aliphatic heterocycles. The maximum atomic E-state index is 14.7. The van der Waals surface area contributed by atoms with E-state index in [0.717, 1.165) is 38.5 Å². The lowest BCUT2D eigenvalue weighted by Crippen LogP contribution is -2.49. The Morgan fingerprint density at radius 1 is 1.06 bits per heavy atom. The number of hydrogen-bond acceptors (Lipinski definition) is 5. The Balaban J connectivity index is 1.40. The van der Waals surface area contributed by atoms with Crippen LogP contribution in [0.4, 0.5) is 13.2 Å². The van der Waals surface area contributed by atoms with Gasteiger partial charge in [0.25, 0.3) is 5.91 Å². The van der Waals surface area contributed by atoms with Gasteiger partial charge in [-0.25, -0.2) is 8.78 Å². The maximum Gasteiger partial charge on any atom is 0.254 e. The highest BCUT2D eigenvalue weighted by molar-refractivity contribution is 5.94. The van der Waals surface area contributed by atoms with Crippen LogP contribution < -0.4 is 20.3 Å². The molecule has 0 saturated heterocycles. The SMILES string of the molecule is C=C(NO)[C@]12CC[C@](CNC(=O)c3cc(F)c(OCc4ccc(OC)cc4)c(F)c3F)(CC1)CC2. The number of fused-ring (bicyclic) bond motifs is 3. The smallest absolute Gasteiger partial charge is 0.254 e. The number of carbonyl (C=O) groups excluding carboxylic acids is 1. The Morgan fingerprint density at radius 2 is 1.69 bits per heavy atom. The number of nitrogens with one attached hydrogen (secondary N) is 2. The van der Waals surface area contributed by atoms with Crippen molar-refractivity contribution in [2.24, 2.45) is 10.8 Å². The maximum absolute atomic E-state index is 14.7. The Morgan fingerprint density at radius 3 is 2.26 bits per heavy atom. The Labute approximate surface area is 202 Å². The van der Waals surface area contributed by atoms with Gasteiger partial charge in [-0.1, -0.05) is 18.7 Å². The molecule has 0 unspecified atom stereocenters. The molecule has 2 aromatic rings. The Hall–Kier alpha value is -3.20. The number of benzene rings is 2. The van der Waals surface area contributed by atoms with E-state index in [4.69, 9.17) is 9.47 Å². The fraction of sp³-hybridized carbons (Fsp3) is 0.423. The van der Waals surface area contributed by atoms with E-state index >= 15 is 0 Å². The fourth-order valence-corrected chi connectivity index (χ4v) is 5.22. The molecule has 35 heavy (non-hydrogen) atoms. The standard InChI is InChI=1S/C26H29F3N2O4/c1-16(31-33)26-10-7-25(8-11-26,9-12-26)15-30-24(32)19-13-20(27)23(22(29)21(19)28)35-14-17-3-5-18(34-2)6-4-17/h3-6,13,31,33H,1,7-12,14-15H2,2H3,(H,30,32)/t25-,26+. The van der Waals surface area contributed by atoms with Gasteiger partial charge in [-0.05, 0) is 67.7 Å². The molecule has 3 saturated carbocycles. The van der Waals surface area contributed by atoms with E-state index in [9.17, 15) is 23.2 Å². The number of methoxy groups -OCH3 is 1. The Kier molecular flexibility index (Phi) is 6.98. The average Bonchev–Trinajstić information content (AvgIpc) is 2.90. The zero-order valence-electron chi connectivity index (χ0n) is 19.6. The molecule has 188 valence electrons. The van der Waals surface area contributed by atoms with Crippen molar-refractivity contribution in [3.05, 3.63) is 71.2 Å². The first-order valence-corrected chi connectivity index (χ1v) is 11.5. The summed E-state index contributed by atoms with van der Waals surface area (Å²) in [4.78, 5) is 12.7. The summed E-state index contributed by atoms with van der Waals surface area (Å²) in [5.74, 6) is -5.29. The molecule has 5 rings (SSSR count). The molecule has 3 fully saturated rings. The van der Waals surface area contributed by atoms with Gasteiger partial charge in [0.15, 0.2) is 17.4 Å². The summed E-state index contributed by atoms with van der Waals surface area (Å²) in [6, 6.07) is 7.30. The van der Waals surface area contributed by atoms with Crippen molar-refractivity contribution in [1.29, 1.82) is 0 Å². The topological polar surface area (TPSA) is 79.8 Å². The molecule has 0 heterocycles. The average molecular weight is 491 g/mol. The summed E-state index contributed by atoms with van der Waals surface area (Å²) >= 11 is 0. The second-order valence-corrected chi connectivity index (χ2v) is 9.55. The number of ether oxygens (including phenoxy) is 2. The third-order valence-corrected chi connectivity index (χ3v) is 7.70. The van der Waals surface area contributed by atoms with Gasteiger partial charge < -0.3 is 14.8 Å². The highest BCUT2D eigenvalue weighted by Gasteiger charge is 2.50. The van der Waals surface area contributed by atoms with E-state index < -0.39 is 34.7 Å². The monoisotopic (exact) mass is 490 g/mol. The first-order chi connectivity index (χ1) is 16.7. The fourth-order valence-electron chi connectivity index (χ4n) is 5.22. The molecule has 1 amide bonds. The van der Waals surface area contributed by atoms with E-state index in [1.54, 1.807) is 24.3 Å². The number of carbonyl (C=O) groups is 1. The molecule has 2 aromatic carbocycles. The minimum absolute atomic E-state index is 0.152. The number of halogens is 3. The second kappa shape index (κ2) is 9.81. The van der Waals surface area contributed by atoms with Crippen LogP contribution in [0.3, 0.4) is 0 Å². The van der Waals surface area contributed by atoms with E-state index in [1.165, 1.54) is 7.11 Å². The minimum Gasteiger partial charge on any atom is -0.497 e. The van der Waals surface area contributed by atoms with E-state index in [-0.39, 0.29) is 24.0 Å². The minimum atomic E-state index is -1.54. The van der Waals surface area contributed by atoms with Crippen LogP contribution in [0.2, 0.25) is 0 Å². The third kappa shape index (κ3) is 4.82. The van der Waals surface area contributed by atoms with Crippen molar-refractivity contribution in [2.75, 3.05) is 13.7 Å². The lowest BCUT2D eigenvalue weighted by molar-refractivity contribution is -0.000963. The molecule has 3 aliphatic carbocycles. The zero-order chi connectivity index (χ0) is 25.2. The van der Waals surface area contributed by atoms with Crippen molar-refractivity contribution in [3.63, 3.8) is 0 Å². The third-order valence-electron chi connectivity index (χ3n) is 7.70. The molecule has 3 N–H and O–H groups in total. The van der Waals surface area contributed by atoms with Gasteiger partial charge in [0.1, 0.15) is 12.4 Å². The van der Waals surface area contributed by atoms with Gasteiger partial charge in [0.2, 0.25) is 5.82 Å². The lowest BCUT2D eigenvalue weighted by Gasteiger charge is -2.54. The predicted molar refractivity (Wildman–Crippen MR) is 123 cm³/mol. The normalized spacial score (nSPS) is 23.0. The molecule has 0 spiro atoms. The van der Waals surface area contributed by atoms with Crippen molar-refractivity contribution in [2.45, 2.75) is 45.1 Å². The Bertz CT molecular complexity index is 1100. The van der Waals surface area contributed by atoms with Crippen LogP contribution in [0.1, 0.15) is 54.4 Å². The first-order valence-electron chi connectivity index (χ1n) is 11.5. The number of rotatable bonds is 9. The lowest BCUT2D eigenvalue weighted by atomic mass is 9.53. The van der Waals surface area contributed by atoms with Crippen LogP contribution in [0.25, 0.3) is 0 Å². The number of amides is 1. The van der Waals surface area contributed by atoms with Gasteiger partial charge in [0.05, 0.1) is 12.7 Å². The number of hydrogen-bond donors (Lipinski definition) is 3. The van der Waals surface area contributed by atoms with Crippen LogP contribution in [0.15, 0.2) is 42.6 Å². The molecular weight excluding hydrogens is 461 g/mol. The highest BCUT2D eigenvalue weighted by atomic mass is 19.2. The largest absolute Gasteiger partial charge is 0.497 e. The van der Waals surface area contributed by atoms with Crippen LogP contribution in [-0.2, 0) is 6.61 Å². The van der Waals surface area contributed by atoms with Crippen LogP contribution >= 0.6 is 0 Å². The van der Waals surface area contributed by atoms with Gasteiger partial charge in [-0.2, -0.15) is 4.39 Å². The van der Waals surface area contributed by atoms with Gasteiger partial charge >= 0.3 is 0 Å². The van der Waals surface area contributed by atoms with Crippen molar-refractivity contribution in [3.8, 4) is 11.5 Å². The summed E-state index contributed by atoms with van der Waals surface area (Å²) < 4.78 is 54.2. The van der Waals surface area contributed by atoms with E-state index in [2.05, 4.69) is 17.4 Å². The molecule has 0 atom stereocenters. The molecular formula is C26H29F3N2O4. The molecule has 0 aromatic heterocycles. The number of allylic oxidation sites excluding steroid dienone is 1. The molecule has 9 heteroatoms. The summed E-state index contributed by atoms with van der Waals surface area (Å²) in [5.41, 5.74) is 2.38. The van der Waals surface area contributed by atoms with Gasteiger partial charge in [0, 0.05) is 17.7 Å². The van der Waals surface area contributed by atoms with E-state index in [0.29, 0.717) is 23.1 Å².